The molecule has 1 unspecified atom stereocenters. The van der Waals surface area contributed by atoms with Crippen LogP contribution in [0.2, 0.25) is 4.34 Å². The summed E-state index contributed by atoms with van der Waals surface area (Å²) in [6, 6.07) is 9.12. The lowest BCUT2D eigenvalue weighted by Crippen LogP contribution is -2.39. The van der Waals surface area contributed by atoms with Gasteiger partial charge in [-0.25, -0.2) is 9.78 Å². The predicted octanol–water partition coefficient (Wildman–Crippen LogP) is 3.27. The van der Waals surface area contributed by atoms with Crippen molar-refractivity contribution >= 4 is 34.8 Å². The third kappa shape index (κ3) is 5.24. The first kappa shape index (κ1) is 15.6. The number of aromatic nitrogens is 1. The number of amides is 2. The minimum absolute atomic E-state index is 0.0637. The van der Waals surface area contributed by atoms with Gasteiger partial charge in [0.15, 0.2) is 0 Å². The van der Waals surface area contributed by atoms with Crippen molar-refractivity contribution in [2.75, 3.05) is 18.4 Å². The van der Waals surface area contributed by atoms with Crippen LogP contribution in [0, 0.1) is 0 Å². The molecular formula is C14H17ClN4OS. The second-order valence-electron chi connectivity index (χ2n) is 4.41. The summed E-state index contributed by atoms with van der Waals surface area (Å²) in [5, 5.41) is 8.78. The van der Waals surface area contributed by atoms with Gasteiger partial charge in [-0.2, -0.15) is 0 Å². The van der Waals surface area contributed by atoms with Gasteiger partial charge in [-0.05, 0) is 31.2 Å². The van der Waals surface area contributed by atoms with E-state index in [1.165, 1.54) is 11.3 Å². The molecule has 0 radical (unpaired) electrons. The van der Waals surface area contributed by atoms with Crippen LogP contribution in [0.25, 0.3) is 0 Å². The second-order valence-corrected chi connectivity index (χ2v) is 6.15. The quantitative estimate of drug-likeness (QED) is 0.714. The average molecular weight is 325 g/mol. The van der Waals surface area contributed by atoms with Gasteiger partial charge in [0.25, 0.3) is 0 Å². The van der Waals surface area contributed by atoms with Crippen LogP contribution in [-0.4, -0.2) is 24.1 Å². The van der Waals surface area contributed by atoms with Crippen LogP contribution < -0.4 is 16.0 Å². The van der Waals surface area contributed by atoms with E-state index in [1.807, 2.05) is 37.3 Å². The molecule has 0 aliphatic rings. The monoisotopic (exact) mass is 324 g/mol. The summed E-state index contributed by atoms with van der Waals surface area (Å²) < 4.78 is 0.721. The van der Waals surface area contributed by atoms with Gasteiger partial charge in [0.1, 0.15) is 5.82 Å². The van der Waals surface area contributed by atoms with Crippen molar-refractivity contribution in [1.29, 1.82) is 0 Å². The fourth-order valence-corrected chi connectivity index (χ4v) is 2.78. The molecule has 21 heavy (non-hydrogen) atoms. The molecule has 0 aromatic carbocycles. The van der Waals surface area contributed by atoms with Gasteiger partial charge in [-0.15, -0.1) is 11.3 Å². The molecular weight excluding hydrogens is 308 g/mol. The van der Waals surface area contributed by atoms with Crippen LogP contribution in [0.4, 0.5) is 10.6 Å². The lowest BCUT2D eigenvalue weighted by atomic mass is 10.3. The van der Waals surface area contributed by atoms with Crippen molar-refractivity contribution in [1.82, 2.24) is 15.6 Å². The zero-order valence-corrected chi connectivity index (χ0v) is 13.2. The van der Waals surface area contributed by atoms with Crippen molar-refractivity contribution < 1.29 is 4.79 Å². The molecule has 0 aliphatic heterocycles. The minimum Gasteiger partial charge on any atom is -0.368 e. The molecule has 2 rings (SSSR count). The zero-order chi connectivity index (χ0) is 15.1. The van der Waals surface area contributed by atoms with Gasteiger partial charge in [0.05, 0.1) is 10.4 Å². The number of anilines is 1. The lowest BCUT2D eigenvalue weighted by Gasteiger charge is -2.13. The van der Waals surface area contributed by atoms with E-state index in [9.17, 15) is 4.79 Å². The van der Waals surface area contributed by atoms with Crippen molar-refractivity contribution in [3.63, 3.8) is 0 Å². The summed E-state index contributed by atoms with van der Waals surface area (Å²) in [5.41, 5.74) is 0. The Morgan fingerprint density at radius 1 is 1.33 bits per heavy atom. The summed E-state index contributed by atoms with van der Waals surface area (Å²) in [4.78, 5) is 16.9. The van der Waals surface area contributed by atoms with Crippen LogP contribution in [0.15, 0.2) is 36.5 Å². The number of carbonyl (C=O) groups excluding carboxylic acids is 1. The molecule has 2 heterocycles. The van der Waals surface area contributed by atoms with E-state index < -0.39 is 0 Å². The number of pyridine rings is 1. The topological polar surface area (TPSA) is 66.1 Å². The molecule has 0 saturated carbocycles. The number of hydrogen-bond donors (Lipinski definition) is 3. The molecule has 2 aromatic rings. The van der Waals surface area contributed by atoms with Crippen LogP contribution in [0.5, 0.6) is 0 Å². The van der Waals surface area contributed by atoms with Gasteiger partial charge < -0.3 is 16.0 Å². The first-order valence-corrected chi connectivity index (χ1v) is 7.79. The Morgan fingerprint density at radius 3 is 2.86 bits per heavy atom. The van der Waals surface area contributed by atoms with Crippen molar-refractivity contribution in [3.05, 3.63) is 45.7 Å². The SMILES string of the molecule is CC(NC(=O)NCCNc1ccccn1)c1ccc(Cl)s1. The summed E-state index contributed by atoms with van der Waals surface area (Å²) in [5.74, 6) is 0.793. The molecule has 1 atom stereocenters. The standard InChI is InChI=1S/C14H17ClN4OS/c1-10(11-5-6-12(15)21-11)19-14(20)18-9-8-17-13-4-2-3-7-16-13/h2-7,10H,8-9H2,1H3,(H,16,17)(H2,18,19,20). The maximum atomic E-state index is 11.8. The van der Waals surface area contributed by atoms with E-state index >= 15 is 0 Å². The zero-order valence-electron chi connectivity index (χ0n) is 11.6. The Labute approximate surface area is 132 Å². The Morgan fingerprint density at radius 2 is 2.19 bits per heavy atom. The highest BCUT2D eigenvalue weighted by Gasteiger charge is 2.10. The fourth-order valence-electron chi connectivity index (χ4n) is 1.71. The highest BCUT2D eigenvalue weighted by Crippen LogP contribution is 2.26. The molecule has 0 aliphatic carbocycles. The summed E-state index contributed by atoms with van der Waals surface area (Å²) in [7, 11) is 0. The maximum Gasteiger partial charge on any atom is 0.315 e. The molecule has 5 nitrogen and oxygen atoms in total. The van der Waals surface area contributed by atoms with Crippen molar-refractivity contribution in [2.45, 2.75) is 13.0 Å². The van der Waals surface area contributed by atoms with Crippen LogP contribution >= 0.6 is 22.9 Å². The minimum atomic E-state index is -0.199. The molecule has 3 N–H and O–H groups in total. The average Bonchev–Trinajstić information content (AvgIpc) is 2.91. The number of nitrogens with one attached hydrogen (secondary N) is 3. The largest absolute Gasteiger partial charge is 0.368 e. The lowest BCUT2D eigenvalue weighted by molar-refractivity contribution is 0.238. The van der Waals surface area contributed by atoms with E-state index in [0.29, 0.717) is 13.1 Å². The number of urea groups is 1. The van der Waals surface area contributed by atoms with E-state index in [1.54, 1.807) is 6.20 Å². The number of halogens is 1. The first-order valence-electron chi connectivity index (χ1n) is 6.59. The van der Waals surface area contributed by atoms with Gasteiger partial charge in [0, 0.05) is 24.2 Å². The highest BCUT2D eigenvalue weighted by atomic mass is 35.5. The van der Waals surface area contributed by atoms with Crippen LogP contribution in [-0.2, 0) is 0 Å². The summed E-state index contributed by atoms with van der Waals surface area (Å²) in [6.07, 6.45) is 1.72. The van der Waals surface area contributed by atoms with Gasteiger partial charge in [-0.3, -0.25) is 0 Å². The molecule has 7 heteroatoms. The van der Waals surface area contributed by atoms with Crippen LogP contribution in [0.3, 0.4) is 0 Å². The van der Waals surface area contributed by atoms with E-state index in [0.717, 1.165) is 15.0 Å². The Bertz CT molecular complexity index is 575. The number of thiophene rings is 1. The van der Waals surface area contributed by atoms with Gasteiger partial charge in [-0.1, -0.05) is 17.7 Å². The second kappa shape index (κ2) is 7.85. The molecule has 0 spiro atoms. The Hall–Kier alpha value is -1.79. The normalized spacial score (nSPS) is 11.7. The molecule has 2 amide bonds. The van der Waals surface area contributed by atoms with Crippen molar-refractivity contribution in [3.8, 4) is 0 Å². The van der Waals surface area contributed by atoms with E-state index in [2.05, 4.69) is 20.9 Å². The molecule has 112 valence electrons. The fraction of sp³-hybridized carbons (Fsp3) is 0.286. The molecule has 0 saturated heterocycles. The van der Waals surface area contributed by atoms with E-state index in [-0.39, 0.29) is 12.1 Å². The molecule has 0 fully saturated rings. The maximum absolute atomic E-state index is 11.8. The van der Waals surface area contributed by atoms with Gasteiger partial charge in [0.2, 0.25) is 0 Å². The van der Waals surface area contributed by atoms with Crippen molar-refractivity contribution in [2.24, 2.45) is 0 Å². The third-order valence-corrected chi connectivity index (χ3v) is 4.16. The predicted molar refractivity (Wildman–Crippen MR) is 87.0 cm³/mol. The number of hydrogen-bond acceptors (Lipinski definition) is 4. The first-order chi connectivity index (χ1) is 10.1. The number of rotatable bonds is 6. The Balaban J connectivity index is 1.65. The van der Waals surface area contributed by atoms with Crippen LogP contribution in [0.1, 0.15) is 17.8 Å². The summed E-state index contributed by atoms with van der Waals surface area (Å²) >= 11 is 7.34. The van der Waals surface area contributed by atoms with Gasteiger partial charge >= 0.3 is 6.03 Å². The van der Waals surface area contributed by atoms with E-state index in [4.69, 9.17) is 11.6 Å². The number of nitrogens with zero attached hydrogens (tertiary/aromatic N) is 1. The Kier molecular flexibility index (Phi) is 5.83. The molecule has 2 aromatic heterocycles. The summed E-state index contributed by atoms with van der Waals surface area (Å²) in [6.45, 7) is 3.05. The third-order valence-electron chi connectivity index (χ3n) is 2.75. The number of carbonyl (C=O) groups is 1. The molecule has 0 bridgehead atoms. The smallest absolute Gasteiger partial charge is 0.315 e. The highest BCUT2D eigenvalue weighted by molar-refractivity contribution is 7.16.